The Kier molecular flexibility index (Phi) is 3.89. The summed E-state index contributed by atoms with van der Waals surface area (Å²) >= 11 is 0. The summed E-state index contributed by atoms with van der Waals surface area (Å²) in [6.45, 7) is 2.07. The third-order valence-electron chi connectivity index (χ3n) is 1.96. The number of hydrogen-bond acceptors (Lipinski definition) is 4. The first-order valence-corrected chi connectivity index (χ1v) is 4.53. The summed E-state index contributed by atoms with van der Waals surface area (Å²) in [6.07, 6.45) is 2.34. The molecule has 0 saturated heterocycles. The van der Waals surface area contributed by atoms with E-state index in [1.165, 1.54) is 6.20 Å². The summed E-state index contributed by atoms with van der Waals surface area (Å²) in [7, 11) is 0. The van der Waals surface area contributed by atoms with Gasteiger partial charge in [0.1, 0.15) is 11.9 Å². The third kappa shape index (κ3) is 2.71. The van der Waals surface area contributed by atoms with E-state index in [1.807, 2.05) is 13.0 Å². The molecule has 0 amide bonds. The molecular formula is C10H13N3O. The molecule has 0 aliphatic carbocycles. The highest BCUT2D eigenvalue weighted by Gasteiger charge is 2.04. The van der Waals surface area contributed by atoms with Gasteiger partial charge in [-0.3, -0.25) is 0 Å². The Morgan fingerprint density at radius 1 is 1.64 bits per heavy atom. The molecule has 2 N–H and O–H groups in total. The molecule has 0 saturated carbocycles. The van der Waals surface area contributed by atoms with Gasteiger partial charge in [0.05, 0.1) is 18.2 Å². The van der Waals surface area contributed by atoms with Gasteiger partial charge in [0.2, 0.25) is 0 Å². The van der Waals surface area contributed by atoms with Gasteiger partial charge in [-0.05, 0) is 18.6 Å². The van der Waals surface area contributed by atoms with E-state index in [9.17, 15) is 0 Å². The van der Waals surface area contributed by atoms with Crippen LogP contribution in [0, 0.1) is 11.3 Å². The number of aromatic nitrogens is 1. The lowest BCUT2D eigenvalue weighted by molar-refractivity contribution is 0.271. The molecule has 1 rings (SSSR count). The average molecular weight is 191 g/mol. The van der Waals surface area contributed by atoms with Crippen LogP contribution in [0.3, 0.4) is 0 Å². The Morgan fingerprint density at radius 3 is 2.86 bits per heavy atom. The minimum Gasteiger partial charge on any atom is -0.394 e. The van der Waals surface area contributed by atoms with E-state index < -0.39 is 0 Å². The van der Waals surface area contributed by atoms with Gasteiger partial charge >= 0.3 is 0 Å². The Morgan fingerprint density at radius 2 is 2.43 bits per heavy atom. The zero-order chi connectivity index (χ0) is 10.4. The fourth-order valence-corrected chi connectivity index (χ4v) is 1.03. The minimum absolute atomic E-state index is 0.0236. The molecule has 0 bridgehead atoms. The molecule has 0 aliphatic heterocycles. The maximum Gasteiger partial charge on any atom is 0.126 e. The average Bonchev–Trinajstić information content (AvgIpc) is 2.26. The molecule has 4 heteroatoms. The highest BCUT2D eigenvalue weighted by molar-refractivity contribution is 5.39. The number of aliphatic hydroxyl groups is 1. The minimum atomic E-state index is 0.0236. The summed E-state index contributed by atoms with van der Waals surface area (Å²) < 4.78 is 0. The predicted octanol–water partition coefficient (Wildman–Crippen LogP) is 1.14. The van der Waals surface area contributed by atoms with Crippen molar-refractivity contribution in [1.82, 2.24) is 4.98 Å². The number of pyridine rings is 1. The van der Waals surface area contributed by atoms with E-state index >= 15 is 0 Å². The number of nitrogens with one attached hydrogen (secondary N) is 1. The van der Waals surface area contributed by atoms with Crippen LogP contribution in [0.25, 0.3) is 0 Å². The van der Waals surface area contributed by atoms with Crippen molar-refractivity contribution in [3.63, 3.8) is 0 Å². The number of nitrogens with zero attached hydrogens (tertiary/aromatic N) is 2. The van der Waals surface area contributed by atoms with Gasteiger partial charge in [-0.1, -0.05) is 6.92 Å². The third-order valence-corrected chi connectivity index (χ3v) is 1.96. The molecule has 0 unspecified atom stereocenters. The van der Waals surface area contributed by atoms with E-state index in [1.54, 1.807) is 12.1 Å². The largest absolute Gasteiger partial charge is 0.394 e. The number of aliphatic hydroxyl groups excluding tert-OH is 1. The molecule has 1 aromatic heterocycles. The first kappa shape index (κ1) is 10.5. The summed E-state index contributed by atoms with van der Waals surface area (Å²) in [5.41, 5.74) is 0.535. The van der Waals surface area contributed by atoms with Gasteiger partial charge in [-0.2, -0.15) is 5.26 Å². The molecule has 1 heterocycles. The maximum atomic E-state index is 8.95. The number of hydrogen-bond donors (Lipinski definition) is 2. The van der Waals surface area contributed by atoms with Gasteiger partial charge in [0.15, 0.2) is 0 Å². The van der Waals surface area contributed by atoms with E-state index in [2.05, 4.69) is 10.3 Å². The lowest BCUT2D eigenvalue weighted by Gasteiger charge is -2.14. The monoisotopic (exact) mass is 191 g/mol. The van der Waals surface area contributed by atoms with Crippen LogP contribution in [0.1, 0.15) is 18.9 Å². The molecule has 14 heavy (non-hydrogen) atoms. The summed E-state index contributed by atoms with van der Waals surface area (Å²) in [6, 6.07) is 5.45. The van der Waals surface area contributed by atoms with Crippen LogP contribution in [0.2, 0.25) is 0 Å². The van der Waals surface area contributed by atoms with Crippen molar-refractivity contribution in [3.8, 4) is 6.07 Å². The fourth-order valence-electron chi connectivity index (χ4n) is 1.03. The molecule has 1 aromatic rings. The first-order chi connectivity index (χ1) is 6.80. The van der Waals surface area contributed by atoms with Crippen molar-refractivity contribution in [2.45, 2.75) is 19.4 Å². The quantitative estimate of drug-likeness (QED) is 0.748. The maximum absolute atomic E-state index is 8.95. The lowest BCUT2D eigenvalue weighted by Crippen LogP contribution is -2.23. The zero-order valence-corrected chi connectivity index (χ0v) is 8.07. The molecule has 0 aliphatic rings. The highest BCUT2D eigenvalue weighted by atomic mass is 16.3. The van der Waals surface area contributed by atoms with Crippen LogP contribution in [0.4, 0.5) is 5.82 Å². The fraction of sp³-hybridized carbons (Fsp3) is 0.400. The normalized spacial score (nSPS) is 11.8. The van der Waals surface area contributed by atoms with Crippen LogP contribution in [-0.2, 0) is 0 Å². The molecule has 0 aromatic carbocycles. The van der Waals surface area contributed by atoms with E-state index in [4.69, 9.17) is 10.4 Å². The van der Waals surface area contributed by atoms with Crippen LogP contribution in [0.5, 0.6) is 0 Å². The van der Waals surface area contributed by atoms with Crippen molar-refractivity contribution in [3.05, 3.63) is 23.9 Å². The smallest absolute Gasteiger partial charge is 0.126 e. The van der Waals surface area contributed by atoms with Crippen LogP contribution in [-0.4, -0.2) is 22.7 Å². The summed E-state index contributed by atoms with van der Waals surface area (Å²) in [4.78, 5) is 4.04. The van der Waals surface area contributed by atoms with E-state index in [0.29, 0.717) is 11.4 Å². The molecule has 4 nitrogen and oxygen atoms in total. The van der Waals surface area contributed by atoms with Crippen molar-refractivity contribution in [2.75, 3.05) is 11.9 Å². The highest BCUT2D eigenvalue weighted by Crippen LogP contribution is 2.06. The summed E-state index contributed by atoms with van der Waals surface area (Å²) in [5, 5.41) is 20.6. The Hall–Kier alpha value is -1.60. The first-order valence-electron chi connectivity index (χ1n) is 4.53. The van der Waals surface area contributed by atoms with E-state index in [0.717, 1.165) is 6.42 Å². The zero-order valence-electron chi connectivity index (χ0n) is 8.07. The van der Waals surface area contributed by atoms with Gasteiger partial charge < -0.3 is 10.4 Å². The Bertz CT molecular complexity index is 311. The molecule has 0 spiro atoms. The van der Waals surface area contributed by atoms with Gasteiger partial charge in [-0.15, -0.1) is 0 Å². The Balaban J connectivity index is 2.64. The SMILES string of the molecule is CC[C@@H](CO)Nc1ccc(C#N)cn1. The molecule has 0 fully saturated rings. The van der Waals surface area contributed by atoms with Crippen LogP contribution >= 0.6 is 0 Å². The van der Waals surface area contributed by atoms with Crippen LogP contribution in [0.15, 0.2) is 18.3 Å². The van der Waals surface area contributed by atoms with Crippen LogP contribution < -0.4 is 5.32 Å². The van der Waals surface area contributed by atoms with Crippen molar-refractivity contribution in [1.29, 1.82) is 5.26 Å². The molecular weight excluding hydrogens is 178 g/mol. The Labute approximate surface area is 83.2 Å². The number of rotatable bonds is 4. The standard InChI is InChI=1S/C10H13N3O/c1-2-9(7-14)13-10-4-3-8(5-11)6-12-10/h3-4,6,9,14H,2,7H2,1H3,(H,12,13)/t9-/m0/s1. The van der Waals surface area contributed by atoms with Gasteiger partial charge in [0, 0.05) is 6.20 Å². The van der Waals surface area contributed by atoms with Gasteiger partial charge in [-0.25, -0.2) is 4.98 Å². The van der Waals surface area contributed by atoms with E-state index in [-0.39, 0.29) is 12.6 Å². The number of anilines is 1. The molecule has 1 atom stereocenters. The van der Waals surface area contributed by atoms with Crippen molar-refractivity contribution in [2.24, 2.45) is 0 Å². The van der Waals surface area contributed by atoms with Crippen molar-refractivity contribution < 1.29 is 5.11 Å². The summed E-state index contributed by atoms with van der Waals surface area (Å²) in [5.74, 6) is 0.685. The lowest BCUT2D eigenvalue weighted by atomic mass is 10.2. The second-order valence-electron chi connectivity index (χ2n) is 2.98. The number of nitriles is 1. The molecule has 0 radical (unpaired) electrons. The predicted molar refractivity (Wildman–Crippen MR) is 53.7 cm³/mol. The second kappa shape index (κ2) is 5.20. The second-order valence-corrected chi connectivity index (χ2v) is 2.98. The van der Waals surface area contributed by atoms with Gasteiger partial charge in [0.25, 0.3) is 0 Å². The van der Waals surface area contributed by atoms with Crippen molar-refractivity contribution >= 4 is 5.82 Å². The topological polar surface area (TPSA) is 68.9 Å². The molecule has 74 valence electrons.